The second kappa shape index (κ2) is 6.13. The molecule has 0 amide bonds. The lowest BCUT2D eigenvalue weighted by molar-refractivity contribution is 0.0131. The van der Waals surface area contributed by atoms with E-state index >= 15 is 0 Å². The minimum absolute atomic E-state index is 0.815. The normalized spacial score (nSPS) is 42.3. The molecule has 2 nitrogen and oxygen atoms in total. The van der Waals surface area contributed by atoms with Gasteiger partial charge in [0.1, 0.15) is 0 Å². The highest BCUT2D eigenvalue weighted by Gasteiger charge is 2.49. The van der Waals surface area contributed by atoms with E-state index in [1.165, 1.54) is 64.3 Å². The largest absolute Gasteiger partial charge is 0.314 e. The van der Waals surface area contributed by atoms with Crippen molar-refractivity contribution in [3.8, 4) is 0 Å². The van der Waals surface area contributed by atoms with Gasteiger partial charge in [0, 0.05) is 24.2 Å². The molecule has 1 N–H and O–H groups in total. The van der Waals surface area contributed by atoms with E-state index in [1.807, 2.05) is 0 Å². The second-order valence-electron chi connectivity index (χ2n) is 7.16. The van der Waals surface area contributed by atoms with Crippen molar-refractivity contribution in [3.05, 3.63) is 0 Å². The molecule has 4 atom stereocenters. The smallest absolute Gasteiger partial charge is 0.0133 e. The molecule has 110 valence electrons. The summed E-state index contributed by atoms with van der Waals surface area (Å²) in [6.45, 7) is 5.84. The van der Waals surface area contributed by atoms with Crippen molar-refractivity contribution in [1.29, 1.82) is 0 Å². The Kier molecular flexibility index (Phi) is 4.48. The molecular formula is C17H32N2. The van der Waals surface area contributed by atoms with E-state index < -0.39 is 0 Å². The van der Waals surface area contributed by atoms with Crippen LogP contribution >= 0.6 is 0 Å². The van der Waals surface area contributed by atoms with Gasteiger partial charge in [-0.3, -0.25) is 4.90 Å². The molecule has 3 aliphatic rings. The number of fused-ring (bicyclic) bond motifs is 2. The minimum Gasteiger partial charge on any atom is -0.314 e. The molecule has 0 aromatic heterocycles. The van der Waals surface area contributed by atoms with Crippen molar-refractivity contribution in [2.75, 3.05) is 6.54 Å². The molecule has 2 heteroatoms. The summed E-state index contributed by atoms with van der Waals surface area (Å²) in [7, 11) is 0. The van der Waals surface area contributed by atoms with Crippen molar-refractivity contribution < 1.29 is 0 Å². The van der Waals surface area contributed by atoms with E-state index in [-0.39, 0.29) is 0 Å². The summed E-state index contributed by atoms with van der Waals surface area (Å²) in [6, 6.07) is 3.61. The van der Waals surface area contributed by atoms with Crippen molar-refractivity contribution in [2.45, 2.75) is 95.8 Å². The van der Waals surface area contributed by atoms with Crippen molar-refractivity contribution in [1.82, 2.24) is 10.2 Å². The third kappa shape index (κ3) is 3.00. The van der Waals surface area contributed by atoms with Crippen LogP contribution < -0.4 is 5.32 Å². The molecule has 4 unspecified atom stereocenters. The predicted octanol–water partition coefficient (Wildman–Crippen LogP) is 3.56. The molecule has 0 aromatic rings. The maximum atomic E-state index is 3.79. The zero-order valence-electron chi connectivity index (χ0n) is 12.9. The first-order valence-electron chi connectivity index (χ1n) is 8.84. The minimum atomic E-state index is 0.815. The van der Waals surface area contributed by atoms with Gasteiger partial charge in [-0.1, -0.05) is 26.7 Å². The van der Waals surface area contributed by atoms with Crippen LogP contribution in [0.2, 0.25) is 0 Å². The molecule has 2 heterocycles. The average molecular weight is 264 g/mol. The number of piperidine rings is 2. The Morgan fingerprint density at radius 3 is 2.37 bits per heavy atom. The van der Waals surface area contributed by atoms with E-state index in [0.717, 1.165) is 30.1 Å². The van der Waals surface area contributed by atoms with Gasteiger partial charge in [0.15, 0.2) is 0 Å². The number of hydrogen-bond acceptors (Lipinski definition) is 2. The van der Waals surface area contributed by atoms with Crippen LogP contribution in [0.1, 0.15) is 71.6 Å². The monoisotopic (exact) mass is 264 g/mol. The number of hydrogen-bond donors (Lipinski definition) is 1. The maximum Gasteiger partial charge on any atom is 0.0133 e. The standard InChI is InChI=1S/C17H32N2/c1-3-6-13-10-17(13)19-15-7-5-8-16(19)12-14(11-15)18-9-4-2/h13-18H,3-12H2,1-2H3. The van der Waals surface area contributed by atoms with Crippen LogP contribution in [-0.2, 0) is 0 Å². The Bertz CT molecular complexity index is 277. The van der Waals surface area contributed by atoms with Gasteiger partial charge in [0.2, 0.25) is 0 Å². The average Bonchev–Trinajstić information content (AvgIpc) is 3.14. The molecule has 3 rings (SSSR count). The topological polar surface area (TPSA) is 15.3 Å². The first kappa shape index (κ1) is 13.9. The van der Waals surface area contributed by atoms with Crippen LogP contribution in [0.4, 0.5) is 0 Å². The van der Waals surface area contributed by atoms with Crippen molar-refractivity contribution in [2.24, 2.45) is 5.92 Å². The SMILES string of the molecule is CCCNC1CC2CCCC(C1)N2C1CC1CCC. The van der Waals surface area contributed by atoms with Gasteiger partial charge in [0.05, 0.1) is 0 Å². The molecular weight excluding hydrogens is 232 g/mol. The molecule has 1 saturated carbocycles. The van der Waals surface area contributed by atoms with Crippen molar-refractivity contribution in [3.63, 3.8) is 0 Å². The van der Waals surface area contributed by atoms with Gasteiger partial charge in [-0.05, 0) is 57.4 Å². The van der Waals surface area contributed by atoms with Gasteiger partial charge in [-0.25, -0.2) is 0 Å². The lowest BCUT2D eigenvalue weighted by atomic mass is 9.81. The summed E-state index contributed by atoms with van der Waals surface area (Å²) in [4.78, 5) is 2.98. The number of rotatable bonds is 6. The zero-order valence-corrected chi connectivity index (χ0v) is 12.9. The van der Waals surface area contributed by atoms with Crippen LogP contribution in [0.15, 0.2) is 0 Å². The molecule has 0 spiro atoms. The fraction of sp³-hybridized carbons (Fsp3) is 1.00. The fourth-order valence-corrected chi connectivity index (χ4v) is 4.75. The number of nitrogens with one attached hydrogen (secondary N) is 1. The quantitative estimate of drug-likeness (QED) is 0.789. The Morgan fingerprint density at radius 1 is 1.00 bits per heavy atom. The van der Waals surface area contributed by atoms with Crippen LogP contribution in [0.3, 0.4) is 0 Å². The van der Waals surface area contributed by atoms with E-state index in [2.05, 4.69) is 24.1 Å². The summed E-state index contributed by atoms with van der Waals surface area (Å²) >= 11 is 0. The van der Waals surface area contributed by atoms with E-state index in [0.29, 0.717) is 0 Å². The summed E-state index contributed by atoms with van der Waals surface area (Å²) in [5.41, 5.74) is 0. The summed E-state index contributed by atoms with van der Waals surface area (Å²) in [5.74, 6) is 1.05. The first-order chi connectivity index (χ1) is 9.33. The lowest BCUT2D eigenvalue weighted by Crippen LogP contribution is -2.57. The molecule has 3 fully saturated rings. The van der Waals surface area contributed by atoms with E-state index in [4.69, 9.17) is 0 Å². The van der Waals surface area contributed by atoms with Gasteiger partial charge in [0.25, 0.3) is 0 Å². The van der Waals surface area contributed by atoms with E-state index in [1.54, 1.807) is 0 Å². The third-order valence-corrected chi connectivity index (χ3v) is 5.64. The van der Waals surface area contributed by atoms with E-state index in [9.17, 15) is 0 Å². The van der Waals surface area contributed by atoms with Crippen LogP contribution in [0.25, 0.3) is 0 Å². The highest BCUT2D eigenvalue weighted by molar-refractivity contribution is 5.05. The highest BCUT2D eigenvalue weighted by Crippen LogP contribution is 2.47. The van der Waals surface area contributed by atoms with Gasteiger partial charge in [-0.15, -0.1) is 0 Å². The van der Waals surface area contributed by atoms with Crippen molar-refractivity contribution >= 4 is 0 Å². The predicted molar refractivity (Wildman–Crippen MR) is 81.4 cm³/mol. The highest BCUT2D eigenvalue weighted by atomic mass is 15.3. The fourth-order valence-electron chi connectivity index (χ4n) is 4.75. The summed E-state index contributed by atoms with van der Waals surface area (Å²) in [5, 5.41) is 3.79. The summed E-state index contributed by atoms with van der Waals surface area (Å²) < 4.78 is 0. The van der Waals surface area contributed by atoms with Crippen LogP contribution in [0, 0.1) is 5.92 Å². The Balaban J connectivity index is 1.58. The molecule has 0 aromatic carbocycles. The van der Waals surface area contributed by atoms with Crippen LogP contribution in [-0.4, -0.2) is 35.6 Å². The van der Waals surface area contributed by atoms with Gasteiger partial charge in [-0.2, -0.15) is 0 Å². The first-order valence-corrected chi connectivity index (χ1v) is 8.84. The zero-order chi connectivity index (χ0) is 13.2. The van der Waals surface area contributed by atoms with Gasteiger partial charge >= 0.3 is 0 Å². The van der Waals surface area contributed by atoms with Gasteiger partial charge < -0.3 is 5.32 Å². The Hall–Kier alpha value is -0.0800. The second-order valence-corrected chi connectivity index (χ2v) is 7.16. The lowest BCUT2D eigenvalue weighted by Gasteiger charge is -2.49. The molecule has 0 radical (unpaired) electrons. The maximum absolute atomic E-state index is 3.79. The summed E-state index contributed by atoms with van der Waals surface area (Å²) in [6.07, 6.45) is 12.9. The molecule has 19 heavy (non-hydrogen) atoms. The third-order valence-electron chi connectivity index (χ3n) is 5.64. The van der Waals surface area contributed by atoms with Crippen LogP contribution in [0.5, 0.6) is 0 Å². The Morgan fingerprint density at radius 2 is 1.74 bits per heavy atom. The molecule has 1 aliphatic carbocycles. The molecule has 2 aliphatic heterocycles. The molecule has 2 bridgehead atoms. The Labute approximate surface area is 119 Å². The molecule has 2 saturated heterocycles. The number of nitrogens with zero attached hydrogens (tertiary/aromatic N) is 1.